The number of benzene rings is 1. The van der Waals surface area contributed by atoms with Crippen molar-refractivity contribution in [3.05, 3.63) is 41.0 Å². The number of carbonyl (C=O) groups excluding carboxylic acids is 2. The maximum atomic E-state index is 13.0. The van der Waals surface area contributed by atoms with E-state index in [4.69, 9.17) is 5.73 Å². The number of β-amino-alcohol motifs (C(OH)–C–C–N with tert-alkyl or cyclic N) is 1. The van der Waals surface area contributed by atoms with Crippen LogP contribution in [0.15, 0.2) is 29.8 Å². The molecule has 1 aliphatic rings. The molecule has 0 saturated carbocycles. The second kappa shape index (κ2) is 9.80. The number of aliphatic hydroxyl groups is 1. The summed E-state index contributed by atoms with van der Waals surface area (Å²) in [5.74, 6) is -0.806. The number of hydrogen-bond acceptors (Lipinski definition) is 6. The number of amides is 2. The van der Waals surface area contributed by atoms with Crippen LogP contribution >= 0.6 is 11.3 Å². The smallest absolute Gasteiger partial charge is 0.281 e. The molecule has 0 bridgehead atoms. The SMILES string of the molecule is CC(C)C(N)C(=O)N1C[C@H](O)C[C@H]1C(=O)NCc1ccc(-c2scnc2C(F)F)cc1. The highest BCUT2D eigenvalue weighted by molar-refractivity contribution is 7.13. The van der Waals surface area contributed by atoms with Crippen molar-refractivity contribution in [1.82, 2.24) is 15.2 Å². The lowest BCUT2D eigenvalue weighted by atomic mass is 10.0. The summed E-state index contributed by atoms with van der Waals surface area (Å²) >= 11 is 1.15. The molecule has 1 saturated heterocycles. The third-order valence-corrected chi connectivity index (χ3v) is 6.24. The van der Waals surface area contributed by atoms with Gasteiger partial charge in [0.15, 0.2) is 0 Å². The number of hydrogen-bond donors (Lipinski definition) is 3. The Morgan fingerprint density at radius 1 is 1.32 bits per heavy atom. The fourth-order valence-corrected chi connectivity index (χ4v) is 4.30. The summed E-state index contributed by atoms with van der Waals surface area (Å²) in [5.41, 5.74) is 8.49. The van der Waals surface area contributed by atoms with Crippen LogP contribution in [0.5, 0.6) is 0 Å². The first-order valence-electron chi connectivity index (χ1n) is 10.0. The zero-order chi connectivity index (χ0) is 22.7. The number of likely N-dealkylation sites (tertiary alicyclic amines) is 1. The predicted octanol–water partition coefficient (Wildman–Crippen LogP) is 2.31. The first-order valence-corrected chi connectivity index (χ1v) is 10.9. The molecular weight excluding hydrogens is 426 g/mol. The summed E-state index contributed by atoms with van der Waals surface area (Å²) in [6, 6.07) is 5.38. The maximum absolute atomic E-state index is 13.0. The van der Waals surface area contributed by atoms with E-state index in [1.165, 1.54) is 10.4 Å². The Hall–Kier alpha value is -2.43. The van der Waals surface area contributed by atoms with Gasteiger partial charge in [0.05, 0.1) is 22.5 Å². The van der Waals surface area contributed by atoms with E-state index in [1.807, 2.05) is 13.8 Å². The van der Waals surface area contributed by atoms with Crippen molar-refractivity contribution in [3.63, 3.8) is 0 Å². The molecule has 0 radical (unpaired) electrons. The molecule has 3 rings (SSSR count). The largest absolute Gasteiger partial charge is 0.391 e. The van der Waals surface area contributed by atoms with E-state index in [0.717, 1.165) is 16.9 Å². The number of nitrogens with two attached hydrogens (primary N) is 1. The molecule has 2 aromatic rings. The first kappa shape index (κ1) is 23.2. The van der Waals surface area contributed by atoms with Crippen molar-refractivity contribution in [2.24, 2.45) is 11.7 Å². The monoisotopic (exact) mass is 452 g/mol. The summed E-state index contributed by atoms with van der Waals surface area (Å²) in [6.45, 7) is 3.93. The molecule has 2 heterocycles. The van der Waals surface area contributed by atoms with Crippen LogP contribution in [0, 0.1) is 5.92 Å². The van der Waals surface area contributed by atoms with Gasteiger partial charge >= 0.3 is 0 Å². The molecule has 0 spiro atoms. The zero-order valence-corrected chi connectivity index (χ0v) is 18.1. The molecule has 7 nitrogen and oxygen atoms in total. The number of thiazole rings is 1. The lowest BCUT2D eigenvalue weighted by molar-refractivity contribution is -0.140. The fraction of sp³-hybridized carbons (Fsp3) is 0.476. The van der Waals surface area contributed by atoms with Crippen molar-refractivity contribution < 1.29 is 23.5 Å². The number of aromatic nitrogens is 1. The molecule has 2 amide bonds. The van der Waals surface area contributed by atoms with Crippen LogP contribution in [0.1, 0.15) is 38.0 Å². The predicted molar refractivity (Wildman–Crippen MR) is 113 cm³/mol. The minimum Gasteiger partial charge on any atom is -0.391 e. The van der Waals surface area contributed by atoms with Gasteiger partial charge in [0.1, 0.15) is 11.7 Å². The Balaban J connectivity index is 1.63. The number of carbonyl (C=O) groups is 2. The Morgan fingerprint density at radius 3 is 2.61 bits per heavy atom. The van der Waals surface area contributed by atoms with Gasteiger partial charge in [-0.2, -0.15) is 0 Å². The molecule has 1 aromatic carbocycles. The number of aliphatic hydroxyl groups excluding tert-OH is 1. The minimum atomic E-state index is -2.64. The number of halogens is 2. The standard InChI is InChI=1S/C21H26F2N4O3S/c1-11(2)16(24)21(30)27-9-14(28)7-15(27)20(29)25-8-12-3-5-13(6-4-12)18-17(19(22)23)26-10-31-18/h3-6,10-11,14-16,19,28H,7-9,24H2,1-2H3,(H,25,29)/t14-,15+,16?/m1/s1. The molecule has 10 heteroatoms. The molecule has 168 valence electrons. The van der Waals surface area contributed by atoms with E-state index in [0.29, 0.717) is 10.4 Å². The number of alkyl halides is 2. The summed E-state index contributed by atoms with van der Waals surface area (Å²) in [7, 11) is 0. The van der Waals surface area contributed by atoms with Gasteiger partial charge in [0, 0.05) is 19.5 Å². The molecule has 31 heavy (non-hydrogen) atoms. The average Bonchev–Trinajstić information content (AvgIpc) is 3.38. The van der Waals surface area contributed by atoms with E-state index in [1.54, 1.807) is 24.3 Å². The van der Waals surface area contributed by atoms with Crippen LogP contribution in [-0.4, -0.2) is 51.5 Å². The third kappa shape index (κ3) is 5.25. The van der Waals surface area contributed by atoms with E-state index in [2.05, 4.69) is 10.3 Å². The molecule has 1 fully saturated rings. The van der Waals surface area contributed by atoms with Crippen molar-refractivity contribution in [2.45, 2.75) is 51.4 Å². The minimum absolute atomic E-state index is 0.0767. The molecule has 1 unspecified atom stereocenters. The van der Waals surface area contributed by atoms with Crippen molar-refractivity contribution >= 4 is 23.2 Å². The molecule has 1 aliphatic heterocycles. The number of nitrogens with zero attached hydrogens (tertiary/aromatic N) is 2. The molecule has 4 N–H and O–H groups in total. The fourth-order valence-electron chi connectivity index (χ4n) is 3.49. The molecule has 1 aromatic heterocycles. The van der Waals surface area contributed by atoms with E-state index in [9.17, 15) is 23.5 Å². The molecule has 3 atom stereocenters. The van der Waals surface area contributed by atoms with Gasteiger partial charge in [-0.3, -0.25) is 9.59 Å². The quantitative estimate of drug-likeness (QED) is 0.597. The van der Waals surface area contributed by atoms with Crippen LogP contribution in [-0.2, 0) is 16.1 Å². The third-order valence-electron chi connectivity index (χ3n) is 5.35. The first-order chi connectivity index (χ1) is 14.7. The van der Waals surface area contributed by atoms with Gasteiger partial charge in [-0.15, -0.1) is 11.3 Å². The van der Waals surface area contributed by atoms with E-state index in [-0.39, 0.29) is 42.9 Å². The second-order valence-corrected chi connectivity index (χ2v) is 8.80. The Labute approximate surface area is 183 Å². The summed E-state index contributed by atoms with van der Waals surface area (Å²) in [6.07, 6.45) is -3.26. The average molecular weight is 453 g/mol. The molecule has 0 aliphatic carbocycles. The van der Waals surface area contributed by atoms with Gasteiger partial charge in [0.25, 0.3) is 6.43 Å². The summed E-state index contributed by atoms with van der Waals surface area (Å²) in [5, 5.41) is 12.8. The maximum Gasteiger partial charge on any atom is 0.281 e. The summed E-state index contributed by atoms with van der Waals surface area (Å²) in [4.78, 5) is 30.8. The van der Waals surface area contributed by atoms with E-state index >= 15 is 0 Å². The number of nitrogens with one attached hydrogen (secondary N) is 1. The Kier molecular flexibility index (Phi) is 7.34. The highest BCUT2D eigenvalue weighted by atomic mass is 32.1. The van der Waals surface area contributed by atoms with Crippen molar-refractivity contribution in [3.8, 4) is 10.4 Å². The van der Waals surface area contributed by atoms with Crippen LogP contribution in [0.4, 0.5) is 8.78 Å². The highest BCUT2D eigenvalue weighted by Crippen LogP contribution is 2.33. The van der Waals surface area contributed by atoms with Crippen LogP contribution in [0.3, 0.4) is 0 Å². The zero-order valence-electron chi connectivity index (χ0n) is 17.3. The Bertz CT molecular complexity index is 920. The van der Waals surface area contributed by atoms with Crippen LogP contribution in [0.2, 0.25) is 0 Å². The highest BCUT2D eigenvalue weighted by Gasteiger charge is 2.40. The lowest BCUT2D eigenvalue weighted by Crippen LogP contribution is -2.52. The van der Waals surface area contributed by atoms with Gasteiger partial charge < -0.3 is 21.1 Å². The Morgan fingerprint density at radius 2 is 2.00 bits per heavy atom. The molecular formula is C21H26F2N4O3S. The van der Waals surface area contributed by atoms with Crippen LogP contribution < -0.4 is 11.1 Å². The van der Waals surface area contributed by atoms with Crippen molar-refractivity contribution in [2.75, 3.05) is 6.54 Å². The second-order valence-electron chi connectivity index (χ2n) is 7.95. The normalized spacial score (nSPS) is 19.8. The number of rotatable bonds is 7. The van der Waals surface area contributed by atoms with Gasteiger partial charge in [-0.25, -0.2) is 13.8 Å². The van der Waals surface area contributed by atoms with Crippen molar-refractivity contribution in [1.29, 1.82) is 0 Å². The van der Waals surface area contributed by atoms with Gasteiger partial charge in [-0.1, -0.05) is 38.1 Å². The summed E-state index contributed by atoms with van der Waals surface area (Å²) < 4.78 is 26.1. The topological polar surface area (TPSA) is 109 Å². The van der Waals surface area contributed by atoms with E-state index < -0.39 is 24.6 Å². The lowest BCUT2D eigenvalue weighted by Gasteiger charge is -2.27. The van der Waals surface area contributed by atoms with Gasteiger partial charge in [0.2, 0.25) is 11.8 Å². The van der Waals surface area contributed by atoms with Crippen LogP contribution in [0.25, 0.3) is 10.4 Å². The van der Waals surface area contributed by atoms with Gasteiger partial charge in [-0.05, 0) is 17.0 Å².